The van der Waals surface area contributed by atoms with Crippen LogP contribution in [-0.2, 0) is 4.74 Å². The summed E-state index contributed by atoms with van der Waals surface area (Å²) in [5, 5.41) is 0. The van der Waals surface area contributed by atoms with Crippen LogP contribution in [0.1, 0.15) is 33.6 Å². The van der Waals surface area contributed by atoms with Gasteiger partial charge in [0.05, 0.1) is 6.10 Å². The van der Waals surface area contributed by atoms with E-state index in [9.17, 15) is 0 Å². The Labute approximate surface area is 69.4 Å². The fraction of sp³-hybridized carbons (Fsp3) is 0.800. The summed E-state index contributed by atoms with van der Waals surface area (Å²) in [7, 11) is 1.81. The minimum absolute atomic E-state index is 0.412. The van der Waals surface area contributed by atoms with Crippen molar-refractivity contribution in [2.45, 2.75) is 39.7 Å². The quantitative estimate of drug-likeness (QED) is 0.556. The minimum atomic E-state index is 0.412. The van der Waals surface area contributed by atoms with Crippen molar-refractivity contribution in [3.63, 3.8) is 0 Å². The Morgan fingerprint density at radius 1 is 1.45 bits per heavy atom. The zero-order valence-corrected chi connectivity index (χ0v) is 7.98. The second-order valence-electron chi connectivity index (χ2n) is 3.65. The normalized spacial score (nSPS) is 25.4. The first kappa shape index (κ1) is 8.79. The fourth-order valence-corrected chi connectivity index (χ4v) is 2.03. The van der Waals surface area contributed by atoms with Crippen LogP contribution in [0.5, 0.6) is 0 Å². The molecule has 0 amide bonds. The van der Waals surface area contributed by atoms with E-state index in [0.717, 1.165) is 0 Å². The summed E-state index contributed by atoms with van der Waals surface area (Å²) in [6, 6.07) is 0. The van der Waals surface area contributed by atoms with Crippen LogP contribution in [-0.4, -0.2) is 13.2 Å². The van der Waals surface area contributed by atoms with E-state index in [1.165, 1.54) is 18.4 Å². The predicted molar refractivity (Wildman–Crippen MR) is 47.6 cm³/mol. The molecule has 1 rings (SSSR count). The Balaban J connectivity index is 2.76. The Morgan fingerprint density at radius 2 is 2.09 bits per heavy atom. The van der Waals surface area contributed by atoms with E-state index in [1.54, 1.807) is 5.57 Å². The first-order chi connectivity index (χ1) is 5.16. The highest BCUT2D eigenvalue weighted by Gasteiger charge is 2.24. The summed E-state index contributed by atoms with van der Waals surface area (Å²) in [6.45, 7) is 6.72. The Morgan fingerprint density at radius 3 is 2.45 bits per heavy atom. The van der Waals surface area contributed by atoms with Crippen molar-refractivity contribution in [3.05, 3.63) is 11.1 Å². The molecular formula is C10H18O. The molecule has 1 atom stereocenters. The number of rotatable bonds is 2. The lowest BCUT2D eigenvalue weighted by molar-refractivity contribution is 0.126. The Hall–Kier alpha value is -0.300. The molecule has 0 N–H and O–H groups in total. The molecule has 0 saturated heterocycles. The summed E-state index contributed by atoms with van der Waals surface area (Å²) < 4.78 is 5.40. The van der Waals surface area contributed by atoms with E-state index in [0.29, 0.717) is 12.0 Å². The molecule has 0 heterocycles. The molecular weight excluding hydrogens is 136 g/mol. The molecule has 1 nitrogen and oxygen atoms in total. The molecule has 64 valence electrons. The highest BCUT2D eigenvalue weighted by atomic mass is 16.5. The van der Waals surface area contributed by atoms with Crippen molar-refractivity contribution in [1.82, 2.24) is 0 Å². The molecule has 0 aromatic heterocycles. The largest absolute Gasteiger partial charge is 0.377 e. The SMILES string of the molecule is COC1CCC(C)=C1C(C)C. The minimum Gasteiger partial charge on any atom is -0.377 e. The molecule has 1 aliphatic carbocycles. The summed E-state index contributed by atoms with van der Waals surface area (Å²) >= 11 is 0. The van der Waals surface area contributed by atoms with Gasteiger partial charge in [-0.1, -0.05) is 19.4 Å². The zero-order chi connectivity index (χ0) is 8.43. The molecule has 1 heteroatoms. The van der Waals surface area contributed by atoms with Crippen LogP contribution >= 0.6 is 0 Å². The Bertz CT molecular complexity index is 168. The maximum Gasteiger partial charge on any atom is 0.0789 e. The highest BCUT2D eigenvalue weighted by Crippen LogP contribution is 2.32. The monoisotopic (exact) mass is 154 g/mol. The third kappa shape index (κ3) is 1.64. The van der Waals surface area contributed by atoms with Crippen molar-refractivity contribution < 1.29 is 4.74 Å². The van der Waals surface area contributed by atoms with E-state index in [2.05, 4.69) is 20.8 Å². The summed E-state index contributed by atoms with van der Waals surface area (Å²) in [5.41, 5.74) is 3.08. The number of allylic oxidation sites excluding steroid dienone is 1. The van der Waals surface area contributed by atoms with Crippen molar-refractivity contribution in [3.8, 4) is 0 Å². The van der Waals surface area contributed by atoms with Gasteiger partial charge < -0.3 is 4.74 Å². The average molecular weight is 154 g/mol. The fourth-order valence-electron chi connectivity index (χ4n) is 2.03. The van der Waals surface area contributed by atoms with Gasteiger partial charge in [0.1, 0.15) is 0 Å². The van der Waals surface area contributed by atoms with Crippen LogP contribution in [0.25, 0.3) is 0 Å². The Kier molecular flexibility index (Phi) is 2.72. The molecule has 0 bridgehead atoms. The van der Waals surface area contributed by atoms with Crippen LogP contribution in [0.2, 0.25) is 0 Å². The van der Waals surface area contributed by atoms with Crippen LogP contribution in [0.4, 0.5) is 0 Å². The lowest BCUT2D eigenvalue weighted by Gasteiger charge is -2.16. The average Bonchev–Trinajstić information content (AvgIpc) is 2.30. The van der Waals surface area contributed by atoms with Crippen LogP contribution < -0.4 is 0 Å². The molecule has 1 aliphatic rings. The molecule has 0 fully saturated rings. The summed E-state index contributed by atoms with van der Waals surface area (Å²) in [4.78, 5) is 0. The lowest BCUT2D eigenvalue weighted by atomic mass is 9.98. The van der Waals surface area contributed by atoms with Gasteiger partial charge in [-0.15, -0.1) is 0 Å². The second kappa shape index (κ2) is 3.40. The van der Waals surface area contributed by atoms with E-state index in [4.69, 9.17) is 4.74 Å². The molecule has 0 radical (unpaired) electrons. The molecule has 11 heavy (non-hydrogen) atoms. The van der Waals surface area contributed by atoms with Gasteiger partial charge in [-0.25, -0.2) is 0 Å². The number of hydrogen-bond donors (Lipinski definition) is 0. The van der Waals surface area contributed by atoms with E-state index in [1.807, 2.05) is 7.11 Å². The highest BCUT2D eigenvalue weighted by molar-refractivity contribution is 5.24. The first-order valence-electron chi connectivity index (χ1n) is 4.39. The zero-order valence-electron chi connectivity index (χ0n) is 7.98. The predicted octanol–water partition coefficient (Wildman–Crippen LogP) is 2.77. The van der Waals surface area contributed by atoms with Gasteiger partial charge in [-0.3, -0.25) is 0 Å². The maximum absolute atomic E-state index is 5.40. The smallest absolute Gasteiger partial charge is 0.0789 e. The third-order valence-corrected chi connectivity index (χ3v) is 2.53. The van der Waals surface area contributed by atoms with E-state index < -0.39 is 0 Å². The second-order valence-corrected chi connectivity index (χ2v) is 3.65. The van der Waals surface area contributed by atoms with E-state index >= 15 is 0 Å². The molecule has 0 spiro atoms. The van der Waals surface area contributed by atoms with Gasteiger partial charge >= 0.3 is 0 Å². The van der Waals surface area contributed by atoms with Gasteiger partial charge in [0.15, 0.2) is 0 Å². The molecule has 1 unspecified atom stereocenters. The maximum atomic E-state index is 5.40. The number of methoxy groups -OCH3 is 1. The van der Waals surface area contributed by atoms with Gasteiger partial charge in [0.25, 0.3) is 0 Å². The van der Waals surface area contributed by atoms with Gasteiger partial charge in [0.2, 0.25) is 0 Å². The molecule has 0 aliphatic heterocycles. The number of ether oxygens (including phenoxy) is 1. The molecule has 0 aromatic carbocycles. The summed E-state index contributed by atoms with van der Waals surface area (Å²) in [5.74, 6) is 0.655. The van der Waals surface area contributed by atoms with Crippen LogP contribution in [0.3, 0.4) is 0 Å². The number of hydrogen-bond acceptors (Lipinski definition) is 1. The van der Waals surface area contributed by atoms with Crippen LogP contribution in [0, 0.1) is 5.92 Å². The van der Waals surface area contributed by atoms with Gasteiger partial charge in [-0.2, -0.15) is 0 Å². The van der Waals surface area contributed by atoms with Crippen molar-refractivity contribution in [2.24, 2.45) is 5.92 Å². The van der Waals surface area contributed by atoms with Gasteiger partial charge in [0, 0.05) is 7.11 Å². The molecule has 0 saturated carbocycles. The van der Waals surface area contributed by atoms with Crippen molar-refractivity contribution in [1.29, 1.82) is 0 Å². The summed E-state index contributed by atoms with van der Waals surface area (Å²) in [6.07, 6.45) is 2.83. The van der Waals surface area contributed by atoms with E-state index in [-0.39, 0.29) is 0 Å². The van der Waals surface area contributed by atoms with Crippen molar-refractivity contribution >= 4 is 0 Å². The molecule has 0 aromatic rings. The van der Waals surface area contributed by atoms with Gasteiger partial charge in [-0.05, 0) is 31.3 Å². The standard InChI is InChI=1S/C10H18O/c1-7(2)10-8(3)5-6-9(10)11-4/h7,9H,5-6H2,1-4H3. The first-order valence-corrected chi connectivity index (χ1v) is 4.39. The van der Waals surface area contributed by atoms with Crippen molar-refractivity contribution in [2.75, 3.05) is 7.11 Å². The third-order valence-electron chi connectivity index (χ3n) is 2.53. The lowest BCUT2D eigenvalue weighted by Crippen LogP contribution is -2.13. The topological polar surface area (TPSA) is 9.23 Å². The van der Waals surface area contributed by atoms with Crippen LogP contribution in [0.15, 0.2) is 11.1 Å².